The van der Waals surface area contributed by atoms with Gasteiger partial charge in [0.05, 0.1) is 17.8 Å². The van der Waals surface area contributed by atoms with Crippen LogP contribution in [0.5, 0.6) is 0 Å². The molecule has 3 N–H and O–H groups in total. The molecule has 1 aromatic carbocycles. The van der Waals surface area contributed by atoms with Crippen LogP contribution in [0.25, 0.3) is 0 Å². The number of anilines is 1. The van der Waals surface area contributed by atoms with Crippen molar-refractivity contribution in [2.24, 2.45) is 5.73 Å². The third-order valence-electron chi connectivity index (χ3n) is 3.85. The van der Waals surface area contributed by atoms with Crippen LogP contribution in [0.2, 0.25) is 0 Å². The smallest absolute Gasteiger partial charge is 0.375 e. The molecule has 1 aliphatic rings. The number of amides is 1. The second-order valence-electron chi connectivity index (χ2n) is 5.85. The molecule has 2 atom stereocenters. The van der Waals surface area contributed by atoms with E-state index < -0.39 is 11.7 Å². The van der Waals surface area contributed by atoms with Crippen molar-refractivity contribution in [3.8, 4) is 0 Å². The second-order valence-corrected chi connectivity index (χ2v) is 5.85. The molecule has 0 bridgehead atoms. The topological polar surface area (TPSA) is 64.4 Å². The molecule has 23 heavy (non-hydrogen) atoms. The van der Waals surface area contributed by atoms with Crippen LogP contribution in [0.1, 0.15) is 43.7 Å². The van der Waals surface area contributed by atoms with E-state index >= 15 is 0 Å². The van der Waals surface area contributed by atoms with Gasteiger partial charge < -0.3 is 15.8 Å². The molecule has 0 radical (unpaired) electrons. The first-order valence-corrected chi connectivity index (χ1v) is 7.64. The van der Waals surface area contributed by atoms with Gasteiger partial charge in [0.25, 0.3) is 0 Å². The molecule has 4 nitrogen and oxygen atoms in total. The second kappa shape index (κ2) is 7.31. The average Bonchev–Trinajstić information content (AvgIpc) is 2.89. The van der Waals surface area contributed by atoms with E-state index in [0.717, 1.165) is 25.0 Å². The molecule has 1 fully saturated rings. The largest absolute Gasteiger partial charge is 0.416 e. The number of rotatable bonds is 5. The van der Waals surface area contributed by atoms with Crippen LogP contribution in [0.4, 0.5) is 18.9 Å². The molecule has 7 heteroatoms. The Labute approximate surface area is 133 Å². The van der Waals surface area contributed by atoms with E-state index in [1.807, 2.05) is 6.92 Å². The minimum Gasteiger partial charge on any atom is -0.375 e. The number of hydrogen-bond acceptors (Lipinski definition) is 3. The van der Waals surface area contributed by atoms with E-state index in [1.165, 1.54) is 6.07 Å². The highest BCUT2D eigenvalue weighted by molar-refractivity contribution is 5.90. The highest BCUT2D eigenvalue weighted by Crippen LogP contribution is 2.32. The molecule has 0 aromatic heterocycles. The molecule has 1 saturated heterocycles. The minimum atomic E-state index is -4.47. The van der Waals surface area contributed by atoms with Gasteiger partial charge in [0.1, 0.15) is 0 Å². The van der Waals surface area contributed by atoms with Crippen LogP contribution in [0, 0.1) is 0 Å². The summed E-state index contributed by atoms with van der Waals surface area (Å²) in [5.74, 6) is -0.324. The predicted molar refractivity (Wildman–Crippen MR) is 80.8 cm³/mol. The lowest BCUT2D eigenvalue weighted by Gasteiger charge is -2.13. The van der Waals surface area contributed by atoms with Crippen LogP contribution >= 0.6 is 0 Å². The summed E-state index contributed by atoms with van der Waals surface area (Å²) in [7, 11) is 0. The molecule has 0 saturated carbocycles. The number of carbonyl (C=O) groups is 1. The van der Waals surface area contributed by atoms with Gasteiger partial charge in [0.2, 0.25) is 5.91 Å². The van der Waals surface area contributed by atoms with E-state index in [-0.39, 0.29) is 36.8 Å². The molecule has 2 unspecified atom stereocenters. The highest BCUT2D eigenvalue weighted by atomic mass is 19.4. The van der Waals surface area contributed by atoms with Crippen LogP contribution in [-0.4, -0.2) is 18.1 Å². The van der Waals surface area contributed by atoms with Crippen molar-refractivity contribution in [1.29, 1.82) is 0 Å². The number of carbonyl (C=O) groups excluding carboxylic acids is 1. The molecular weight excluding hydrogens is 309 g/mol. The maximum absolute atomic E-state index is 12.8. The Morgan fingerprint density at radius 1 is 1.35 bits per heavy atom. The van der Waals surface area contributed by atoms with Gasteiger partial charge >= 0.3 is 6.18 Å². The van der Waals surface area contributed by atoms with Crippen molar-refractivity contribution in [3.05, 3.63) is 29.3 Å². The average molecular weight is 330 g/mol. The highest BCUT2D eigenvalue weighted by Gasteiger charge is 2.31. The fourth-order valence-electron chi connectivity index (χ4n) is 2.66. The number of ether oxygens (including phenoxy) is 1. The fraction of sp³-hybridized carbons (Fsp3) is 0.562. The first kappa shape index (κ1) is 17.7. The summed E-state index contributed by atoms with van der Waals surface area (Å²) in [6, 6.07) is 3.37. The summed E-state index contributed by atoms with van der Waals surface area (Å²) in [4.78, 5) is 11.9. The van der Waals surface area contributed by atoms with Gasteiger partial charge in [-0.25, -0.2) is 0 Å². The molecule has 2 rings (SSSR count). The van der Waals surface area contributed by atoms with Crippen molar-refractivity contribution in [2.45, 2.75) is 57.5 Å². The zero-order valence-electron chi connectivity index (χ0n) is 13.0. The number of nitrogens with two attached hydrogens (primary N) is 1. The number of alkyl halides is 3. The Balaban J connectivity index is 1.97. The summed E-state index contributed by atoms with van der Waals surface area (Å²) < 4.78 is 44.1. The first-order valence-electron chi connectivity index (χ1n) is 7.64. The Bertz CT molecular complexity index is 561. The number of benzene rings is 1. The lowest BCUT2D eigenvalue weighted by molar-refractivity contribution is -0.137. The molecular formula is C16H21F3N2O2. The van der Waals surface area contributed by atoms with E-state index in [9.17, 15) is 18.0 Å². The van der Waals surface area contributed by atoms with Crippen LogP contribution < -0.4 is 11.1 Å². The summed E-state index contributed by atoms with van der Waals surface area (Å²) in [6.07, 6.45) is -1.55. The summed E-state index contributed by atoms with van der Waals surface area (Å²) in [5, 5.41) is 2.51. The lowest BCUT2D eigenvalue weighted by Crippen LogP contribution is -2.17. The SMILES string of the molecule is CC1CCC(CCC(=O)Nc2cc(CN)cc(C(F)(F)F)c2)O1. The standard InChI is InChI=1S/C16H21F3N2O2/c1-10-2-3-14(23-10)4-5-15(22)21-13-7-11(9-20)6-12(8-13)16(17,18)19/h6-8,10,14H,2-5,9,20H2,1H3,(H,21,22). The molecule has 128 valence electrons. The Morgan fingerprint density at radius 3 is 2.65 bits per heavy atom. The third kappa shape index (κ3) is 5.21. The monoisotopic (exact) mass is 330 g/mol. The summed E-state index contributed by atoms with van der Waals surface area (Å²) in [6.45, 7) is 1.96. The maximum Gasteiger partial charge on any atom is 0.416 e. The normalized spacial score (nSPS) is 21.4. The van der Waals surface area contributed by atoms with Gasteiger partial charge in [-0.05, 0) is 49.9 Å². The van der Waals surface area contributed by atoms with E-state index in [1.54, 1.807) is 0 Å². The Hall–Kier alpha value is -1.60. The lowest BCUT2D eigenvalue weighted by atomic mass is 10.1. The zero-order valence-corrected chi connectivity index (χ0v) is 13.0. The number of nitrogens with one attached hydrogen (secondary N) is 1. The van der Waals surface area contributed by atoms with Gasteiger partial charge in [-0.2, -0.15) is 13.2 Å². The van der Waals surface area contributed by atoms with Gasteiger partial charge in [-0.3, -0.25) is 4.79 Å². The molecule has 1 amide bonds. The summed E-state index contributed by atoms with van der Waals surface area (Å²) >= 11 is 0. The molecule has 1 aliphatic heterocycles. The molecule has 0 aliphatic carbocycles. The Morgan fingerprint density at radius 2 is 2.09 bits per heavy atom. The molecule has 0 spiro atoms. The third-order valence-corrected chi connectivity index (χ3v) is 3.85. The van der Waals surface area contributed by atoms with Crippen molar-refractivity contribution in [3.63, 3.8) is 0 Å². The molecule has 1 heterocycles. The van der Waals surface area contributed by atoms with Gasteiger partial charge in [0, 0.05) is 18.7 Å². The van der Waals surface area contributed by atoms with Gasteiger partial charge in [-0.1, -0.05) is 0 Å². The predicted octanol–water partition coefficient (Wildman–Crippen LogP) is 3.45. The zero-order chi connectivity index (χ0) is 17.0. The van der Waals surface area contributed by atoms with E-state index in [0.29, 0.717) is 12.0 Å². The van der Waals surface area contributed by atoms with Crippen molar-refractivity contribution in [2.75, 3.05) is 5.32 Å². The summed E-state index contributed by atoms with van der Waals surface area (Å²) in [5.41, 5.74) is 5.04. The quantitative estimate of drug-likeness (QED) is 0.869. The van der Waals surface area contributed by atoms with Crippen molar-refractivity contribution >= 4 is 11.6 Å². The Kier molecular flexibility index (Phi) is 5.64. The van der Waals surface area contributed by atoms with Gasteiger partial charge in [-0.15, -0.1) is 0 Å². The number of halogens is 3. The maximum atomic E-state index is 12.8. The molecule has 1 aromatic rings. The van der Waals surface area contributed by atoms with E-state index in [4.69, 9.17) is 10.5 Å². The van der Waals surface area contributed by atoms with E-state index in [2.05, 4.69) is 5.32 Å². The van der Waals surface area contributed by atoms with Gasteiger partial charge in [0.15, 0.2) is 0 Å². The van der Waals surface area contributed by atoms with Crippen molar-refractivity contribution in [1.82, 2.24) is 0 Å². The van der Waals surface area contributed by atoms with Crippen LogP contribution in [0.15, 0.2) is 18.2 Å². The fourth-order valence-corrected chi connectivity index (χ4v) is 2.66. The van der Waals surface area contributed by atoms with Crippen LogP contribution in [0.3, 0.4) is 0 Å². The minimum absolute atomic E-state index is 0.0272. The van der Waals surface area contributed by atoms with Crippen molar-refractivity contribution < 1.29 is 22.7 Å². The first-order chi connectivity index (χ1) is 10.8. The van der Waals surface area contributed by atoms with Crippen LogP contribution in [-0.2, 0) is 22.3 Å². The number of hydrogen-bond donors (Lipinski definition) is 2.